The molecule has 1 unspecified atom stereocenters. The highest BCUT2D eigenvalue weighted by molar-refractivity contribution is 6.02. The molecule has 0 saturated heterocycles. The van der Waals surface area contributed by atoms with Crippen LogP contribution in [-0.4, -0.2) is 12.3 Å². The molecule has 1 aromatic carbocycles. The van der Waals surface area contributed by atoms with E-state index < -0.39 is 0 Å². The summed E-state index contributed by atoms with van der Waals surface area (Å²) >= 11 is 0. The van der Waals surface area contributed by atoms with E-state index in [0.717, 1.165) is 6.54 Å². The number of nitrogens with one attached hydrogen (secondary N) is 1. The predicted molar refractivity (Wildman–Crippen MR) is 50.1 cm³/mol. The lowest BCUT2D eigenvalue weighted by molar-refractivity contribution is 0.708. The summed E-state index contributed by atoms with van der Waals surface area (Å²) in [6, 6.07) is 10.3. The number of benzene rings is 1. The quantitative estimate of drug-likeness (QED) is 0.663. The molecule has 2 heteroatoms. The number of nitrogens with zero attached hydrogens (tertiary/aromatic N) is 1. The predicted octanol–water partition coefficient (Wildman–Crippen LogP) is 1.63. The molecule has 0 spiro atoms. The molecule has 12 heavy (non-hydrogen) atoms. The third-order valence-electron chi connectivity index (χ3n) is 2.13. The number of hydrogen-bond acceptors (Lipinski definition) is 2. The molecule has 0 aromatic heterocycles. The SMILES string of the molecule is CC1CNN=C1c1ccccc1. The normalized spacial score (nSPS) is 21.8. The Morgan fingerprint density at radius 3 is 2.67 bits per heavy atom. The van der Waals surface area contributed by atoms with Gasteiger partial charge in [0.2, 0.25) is 0 Å². The molecule has 1 atom stereocenters. The van der Waals surface area contributed by atoms with Crippen LogP contribution >= 0.6 is 0 Å². The molecule has 0 fully saturated rings. The van der Waals surface area contributed by atoms with Gasteiger partial charge in [-0.3, -0.25) is 0 Å². The Morgan fingerprint density at radius 1 is 1.33 bits per heavy atom. The summed E-state index contributed by atoms with van der Waals surface area (Å²) in [7, 11) is 0. The number of hydrogen-bond donors (Lipinski definition) is 1. The first-order valence-corrected chi connectivity index (χ1v) is 4.24. The molecule has 1 heterocycles. The van der Waals surface area contributed by atoms with E-state index in [0.29, 0.717) is 5.92 Å². The first kappa shape index (κ1) is 7.35. The maximum Gasteiger partial charge on any atom is 0.0721 e. The second-order valence-corrected chi connectivity index (χ2v) is 3.13. The zero-order valence-electron chi connectivity index (χ0n) is 7.12. The fourth-order valence-electron chi connectivity index (χ4n) is 1.43. The summed E-state index contributed by atoms with van der Waals surface area (Å²) < 4.78 is 0. The Labute approximate surface area is 72.3 Å². The molecule has 0 aliphatic carbocycles. The summed E-state index contributed by atoms with van der Waals surface area (Å²) in [5.74, 6) is 0.535. The van der Waals surface area contributed by atoms with Gasteiger partial charge in [0.25, 0.3) is 0 Å². The summed E-state index contributed by atoms with van der Waals surface area (Å²) in [6.07, 6.45) is 0. The molecule has 1 aromatic rings. The molecule has 0 amide bonds. The summed E-state index contributed by atoms with van der Waals surface area (Å²) in [6.45, 7) is 3.15. The minimum Gasteiger partial charge on any atom is -0.309 e. The standard InChI is InChI=1S/C10H12N2/c1-8-7-11-12-10(8)9-5-3-2-4-6-9/h2-6,8,11H,7H2,1H3. The van der Waals surface area contributed by atoms with Gasteiger partial charge in [0.15, 0.2) is 0 Å². The maximum atomic E-state index is 4.25. The van der Waals surface area contributed by atoms with Crippen molar-refractivity contribution in [2.75, 3.05) is 6.54 Å². The van der Waals surface area contributed by atoms with Gasteiger partial charge in [0.05, 0.1) is 5.71 Å². The minimum atomic E-state index is 0.535. The first-order valence-electron chi connectivity index (χ1n) is 4.24. The van der Waals surface area contributed by atoms with Crippen molar-refractivity contribution in [2.24, 2.45) is 11.0 Å². The van der Waals surface area contributed by atoms with Gasteiger partial charge in [-0.15, -0.1) is 0 Å². The lowest BCUT2D eigenvalue weighted by Crippen LogP contribution is -2.11. The molecule has 0 saturated carbocycles. The number of rotatable bonds is 1. The van der Waals surface area contributed by atoms with Crippen LogP contribution in [0, 0.1) is 5.92 Å². The monoisotopic (exact) mass is 160 g/mol. The van der Waals surface area contributed by atoms with Crippen molar-refractivity contribution in [1.29, 1.82) is 0 Å². The molecule has 1 N–H and O–H groups in total. The average Bonchev–Trinajstić information content (AvgIpc) is 2.53. The highest BCUT2D eigenvalue weighted by atomic mass is 15.3. The number of hydrazone groups is 1. The van der Waals surface area contributed by atoms with Gasteiger partial charge in [-0.05, 0) is 5.56 Å². The lowest BCUT2D eigenvalue weighted by atomic mass is 10.00. The van der Waals surface area contributed by atoms with E-state index in [4.69, 9.17) is 0 Å². The fourth-order valence-corrected chi connectivity index (χ4v) is 1.43. The van der Waals surface area contributed by atoms with E-state index >= 15 is 0 Å². The van der Waals surface area contributed by atoms with Crippen LogP contribution in [0.3, 0.4) is 0 Å². The molecular weight excluding hydrogens is 148 g/mol. The Kier molecular flexibility index (Phi) is 1.82. The Balaban J connectivity index is 2.31. The van der Waals surface area contributed by atoms with E-state index in [1.807, 2.05) is 18.2 Å². The van der Waals surface area contributed by atoms with Gasteiger partial charge in [-0.2, -0.15) is 5.10 Å². The van der Waals surface area contributed by atoms with Crippen molar-refractivity contribution < 1.29 is 0 Å². The zero-order chi connectivity index (χ0) is 8.39. The molecule has 2 rings (SSSR count). The Morgan fingerprint density at radius 2 is 2.08 bits per heavy atom. The van der Waals surface area contributed by atoms with Crippen molar-refractivity contribution in [2.45, 2.75) is 6.92 Å². The van der Waals surface area contributed by atoms with Crippen LogP contribution < -0.4 is 5.43 Å². The van der Waals surface area contributed by atoms with Gasteiger partial charge < -0.3 is 5.43 Å². The third-order valence-corrected chi connectivity index (χ3v) is 2.13. The van der Waals surface area contributed by atoms with E-state index in [-0.39, 0.29) is 0 Å². The molecule has 0 radical (unpaired) electrons. The topological polar surface area (TPSA) is 24.4 Å². The van der Waals surface area contributed by atoms with Crippen molar-refractivity contribution >= 4 is 5.71 Å². The molecule has 1 aliphatic heterocycles. The maximum absolute atomic E-state index is 4.25. The van der Waals surface area contributed by atoms with Gasteiger partial charge in [0.1, 0.15) is 0 Å². The highest BCUT2D eigenvalue weighted by Gasteiger charge is 2.16. The third kappa shape index (κ3) is 1.20. The van der Waals surface area contributed by atoms with Crippen LogP contribution in [0.5, 0.6) is 0 Å². The second-order valence-electron chi connectivity index (χ2n) is 3.13. The largest absolute Gasteiger partial charge is 0.309 e. The minimum absolute atomic E-state index is 0.535. The summed E-state index contributed by atoms with van der Waals surface area (Å²) in [5.41, 5.74) is 5.42. The van der Waals surface area contributed by atoms with Crippen LogP contribution in [0.2, 0.25) is 0 Å². The Bertz CT molecular complexity index is 290. The first-order chi connectivity index (χ1) is 5.88. The van der Waals surface area contributed by atoms with Crippen molar-refractivity contribution in [3.8, 4) is 0 Å². The smallest absolute Gasteiger partial charge is 0.0721 e. The molecule has 2 nitrogen and oxygen atoms in total. The molecular formula is C10H12N2. The van der Waals surface area contributed by atoms with Crippen LogP contribution in [-0.2, 0) is 0 Å². The van der Waals surface area contributed by atoms with Crippen molar-refractivity contribution in [1.82, 2.24) is 5.43 Å². The van der Waals surface area contributed by atoms with E-state index in [9.17, 15) is 0 Å². The van der Waals surface area contributed by atoms with E-state index in [1.54, 1.807) is 0 Å². The van der Waals surface area contributed by atoms with E-state index in [2.05, 4.69) is 29.6 Å². The lowest BCUT2D eigenvalue weighted by Gasteiger charge is -2.03. The average molecular weight is 160 g/mol. The van der Waals surface area contributed by atoms with Crippen LogP contribution in [0.25, 0.3) is 0 Å². The zero-order valence-corrected chi connectivity index (χ0v) is 7.12. The van der Waals surface area contributed by atoms with Gasteiger partial charge in [-0.25, -0.2) is 0 Å². The van der Waals surface area contributed by atoms with Crippen LogP contribution in [0.4, 0.5) is 0 Å². The molecule has 0 bridgehead atoms. The van der Waals surface area contributed by atoms with Crippen molar-refractivity contribution in [3.63, 3.8) is 0 Å². The van der Waals surface area contributed by atoms with Gasteiger partial charge in [-0.1, -0.05) is 37.3 Å². The van der Waals surface area contributed by atoms with Gasteiger partial charge in [0, 0.05) is 12.5 Å². The van der Waals surface area contributed by atoms with Crippen LogP contribution in [0.1, 0.15) is 12.5 Å². The van der Waals surface area contributed by atoms with E-state index in [1.165, 1.54) is 11.3 Å². The Hall–Kier alpha value is -1.31. The fraction of sp³-hybridized carbons (Fsp3) is 0.300. The van der Waals surface area contributed by atoms with Crippen LogP contribution in [0.15, 0.2) is 35.4 Å². The van der Waals surface area contributed by atoms with Gasteiger partial charge >= 0.3 is 0 Å². The molecule has 62 valence electrons. The second kappa shape index (κ2) is 2.97. The van der Waals surface area contributed by atoms with Crippen molar-refractivity contribution in [3.05, 3.63) is 35.9 Å². The highest BCUT2D eigenvalue weighted by Crippen LogP contribution is 2.12. The summed E-state index contributed by atoms with van der Waals surface area (Å²) in [4.78, 5) is 0. The molecule has 1 aliphatic rings. The summed E-state index contributed by atoms with van der Waals surface area (Å²) in [5, 5.41) is 4.25.